The van der Waals surface area contributed by atoms with Gasteiger partial charge in [-0.3, -0.25) is 9.11 Å². The first-order chi connectivity index (χ1) is 18.1. The van der Waals surface area contributed by atoms with E-state index in [-0.39, 0.29) is 0 Å². The second-order valence-electron chi connectivity index (χ2n) is 8.86. The van der Waals surface area contributed by atoms with E-state index in [4.69, 9.17) is 0 Å². The van der Waals surface area contributed by atoms with E-state index in [1.165, 1.54) is 6.58 Å². The summed E-state index contributed by atoms with van der Waals surface area (Å²) in [6.45, 7) is 0. The quantitative estimate of drug-likeness (QED) is 0.152. The van der Waals surface area contributed by atoms with Crippen LogP contribution in [0.3, 0.4) is 0 Å². The van der Waals surface area contributed by atoms with E-state index in [9.17, 15) is 17.5 Å². The molecule has 2 unspecified atom stereocenters. The lowest BCUT2D eigenvalue weighted by Crippen LogP contribution is -2.43. The summed E-state index contributed by atoms with van der Waals surface area (Å²) >= 11 is -6.14. The van der Waals surface area contributed by atoms with Crippen molar-refractivity contribution in [3.05, 3.63) is 97.1 Å². The fraction of sp³-hybridized carbons (Fsp3) is 0. The number of fused-ring (bicyclic) bond motifs is 13. The van der Waals surface area contributed by atoms with E-state index in [0.29, 0.717) is 11.4 Å². The molecule has 0 bridgehead atoms. The first-order valence-corrected chi connectivity index (χ1v) is 14.7. The molecule has 0 spiro atoms. The van der Waals surface area contributed by atoms with Gasteiger partial charge in [0, 0.05) is 33.3 Å². The zero-order valence-corrected chi connectivity index (χ0v) is 22.0. The molecule has 0 amide bonds. The maximum Gasteiger partial charge on any atom is 0.585 e. The fourth-order valence-corrected chi connectivity index (χ4v) is 8.70. The van der Waals surface area contributed by atoms with Crippen LogP contribution in [-0.4, -0.2) is 33.2 Å². The summed E-state index contributed by atoms with van der Waals surface area (Å²) in [4.78, 5) is 0. The summed E-state index contributed by atoms with van der Waals surface area (Å²) in [5.41, 5.74) is 2.77. The molecule has 0 aromatic heterocycles. The minimum atomic E-state index is -2.43. The van der Waals surface area contributed by atoms with Gasteiger partial charge in [0.15, 0.2) is 0 Å². The van der Waals surface area contributed by atoms with Gasteiger partial charge in [0.05, 0.1) is 0 Å². The van der Waals surface area contributed by atoms with Gasteiger partial charge in [0.2, 0.25) is 22.5 Å². The van der Waals surface area contributed by atoms with Crippen molar-refractivity contribution in [3.8, 4) is 11.1 Å². The highest BCUT2D eigenvalue weighted by molar-refractivity contribution is 7.85. The Balaban J connectivity index is 1.84. The largest absolute Gasteiger partial charge is 0.585 e. The van der Waals surface area contributed by atoms with Crippen LogP contribution in [-0.2, 0) is 22.5 Å². The summed E-state index contributed by atoms with van der Waals surface area (Å²) in [5, 5.41) is 7.40. The van der Waals surface area contributed by atoms with Crippen molar-refractivity contribution in [3.63, 3.8) is 0 Å². The normalized spacial score (nSPS) is 14.9. The number of rotatable bonds is 2. The molecule has 1 heterocycles. The molecule has 6 aromatic rings. The van der Waals surface area contributed by atoms with E-state index in [1.54, 1.807) is 0 Å². The van der Waals surface area contributed by atoms with E-state index in [2.05, 4.69) is 12.1 Å². The third-order valence-electron chi connectivity index (χ3n) is 7.05. The second-order valence-corrected chi connectivity index (χ2v) is 12.6. The van der Waals surface area contributed by atoms with Crippen molar-refractivity contribution in [2.45, 2.75) is 0 Å². The standard InChI is InChI=1S/C28H18N2O4S2.Al/c31-35(32)29-27-23-15-7-3-11-19(23)17-9-1-5-13-21(17)25(27)26-22-14-6-2-10-18(22)20-12-4-8-16-24(20)28(26)30-36(33)34;/h1-16H,(H,31,32)(H,33,34);/q-2;+2. The molecule has 7 rings (SSSR count). The average Bonchev–Trinajstić information content (AvgIpc) is 3.09. The molecule has 1 aliphatic heterocycles. The molecule has 37 heavy (non-hydrogen) atoms. The molecule has 6 nitrogen and oxygen atoms in total. The van der Waals surface area contributed by atoms with Crippen LogP contribution in [0.4, 0.5) is 11.4 Å². The molecule has 2 N–H and O–H groups in total. The van der Waals surface area contributed by atoms with Gasteiger partial charge in [-0.05, 0) is 32.3 Å². The van der Waals surface area contributed by atoms with Crippen LogP contribution in [0.5, 0.6) is 0 Å². The summed E-state index contributed by atoms with van der Waals surface area (Å²) in [7, 11) is 0. The number of hydrogen-bond donors (Lipinski definition) is 2. The Morgan fingerprint density at radius 3 is 1.05 bits per heavy atom. The van der Waals surface area contributed by atoms with Crippen LogP contribution >= 0.6 is 0 Å². The maximum atomic E-state index is 12.9. The van der Waals surface area contributed by atoms with Gasteiger partial charge < -0.3 is 6.58 Å². The average molecular weight is 538 g/mol. The molecule has 6 aromatic carbocycles. The highest BCUT2D eigenvalue weighted by atomic mass is 32.2. The van der Waals surface area contributed by atoms with Crippen LogP contribution in [0.1, 0.15) is 0 Å². The Bertz CT molecular complexity index is 1820. The topological polar surface area (TPSA) is 81.1 Å². The van der Waals surface area contributed by atoms with Crippen LogP contribution in [0, 0.1) is 0 Å². The third kappa shape index (κ3) is 3.30. The lowest BCUT2D eigenvalue weighted by atomic mass is 9.86. The van der Waals surface area contributed by atoms with E-state index in [0.717, 1.165) is 54.2 Å². The maximum absolute atomic E-state index is 12.9. The molecular weight excluding hydrogens is 519 g/mol. The summed E-state index contributed by atoms with van der Waals surface area (Å²) < 4.78 is 49.9. The molecule has 0 aliphatic carbocycles. The first-order valence-electron chi connectivity index (χ1n) is 11.6. The zero-order valence-electron chi connectivity index (χ0n) is 19.2. The van der Waals surface area contributed by atoms with Crippen molar-refractivity contribution >= 4 is 92.7 Å². The fourth-order valence-electron chi connectivity index (χ4n) is 5.66. The molecule has 1 aliphatic rings. The van der Waals surface area contributed by atoms with E-state index >= 15 is 0 Å². The minimum absolute atomic E-state index is 0.597. The van der Waals surface area contributed by atoms with Crippen molar-refractivity contribution in [2.75, 3.05) is 6.58 Å². The van der Waals surface area contributed by atoms with Gasteiger partial charge in [-0.1, -0.05) is 97.1 Å². The Kier molecular flexibility index (Phi) is 5.34. The minimum Gasteiger partial charge on any atom is -0.344 e. The molecule has 0 saturated heterocycles. The smallest absolute Gasteiger partial charge is 0.344 e. The molecule has 1 radical (unpaired) electrons. The Hall–Kier alpha value is -3.29. The molecule has 179 valence electrons. The highest BCUT2D eigenvalue weighted by Gasteiger charge is 2.37. The zero-order chi connectivity index (χ0) is 25.3. The van der Waals surface area contributed by atoms with Gasteiger partial charge in [-0.15, -0.1) is 0 Å². The summed E-state index contributed by atoms with van der Waals surface area (Å²) in [5.74, 6) is 0. The molecule has 0 saturated carbocycles. The van der Waals surface area contributed by atoms with Gasteiger partial charge in [-0.2, -0.15) is 0 Å². The van der Waals surface area contributed by atoms with Gasteiger partial charge in [0.25, 0.3) is 0 Å². The number of anilines is 2. The predicted octanol–water partition coefficient (Wildman–Crippen LogP) is 6.40. The Morgan fingerprint density at radius 1 is 0.459 bits per heavy atom. The lowest BCUT2D eigenvalue weighted by Gasteiger charge is -2.26. The Morgan fingerprint density at radius 2 is 0.730 bits per heavy atom. The summed E-state index contributed by atoms with van der Waals surface area (Å²) in [6.07, 6.45) is 0. The van der Waals surface area contributed by atoms with Crippen LogP contribution in [0.15, 0.2) is 97.1 Å². The van der Waals surface area contributed by atoms with Gasteiger partial charge in [-0.25, -0.2) is 8.42 Å². The van der Waals surface area contributed by atoms with E-state index in [1.807, 2.05) is 84.9 Å². The number of benzene rings is 6. The van der Waals surface area contributed by atoms with Crippen LogP contribution < -0.4 is 6.58 Å². The number of nitrogens with zero attached hydrogens (tertiary/aromatic N) is 2. The van der Waals surface area contributed by atoms with Crippen molar-refractivity contribution in [1.29, 1.82) is 0 Å². The van der Waals surface area contributed by atoms with Crippen molar-refractivity contribution < 1.29 is 17.5 Å². The van der Waals surface area contributed by atoms with Crippen LogP contribution in [0.25, 0.3) is 54.2 Å². The van der Waals surface area contributed by atoms with E-state index < -0.39 is 38.2 Å². The van der Waals surface area contributed by atoms with Gasteiger partial charge in [0.1, 0.15) is 0 Å². The van der Waals surface area contributed by atoms with Gasteiger partial charge >= 0.3 is 15.7 Å². The third-order valence-corrected chi connectivity index (χ3v) is 10.7. The predicted molar refractivity (Wildman–Crippen MR) is 154 cm³/mol. The molecule has 9 heteroatoms. The first kappa shape index (κ1) is 22.9. The van der Waals surface area contributed by atoms with Crippen molar-refractivity contribution in [1.82, 2.24) is 0 Å². The lowest BCUT2D eigenvalue weighted by molar-refractivity contribution is 0.565. The summed E-state index contributed by atoms with van der Waals surface area (Å²) in [6, 6.07) is 31.7. The van der Waals surface area contributed by atoms with Crippen LogP contribution in [0.2, 0.25) is 0 Å². The second kappa shape index (κ2) is 8.64. The molecular formula is C28H18AlN2O4S2. The Labute approximate surface area is 224 Å². The number of hydrogen-bond acceptors (Lipinski definition) is 2. The molecule has 0 fully saturated rings. The van der Waals surface area contributed by atoms with Crippen molar-refractivity contribution in [2.24, 2.45) is 0 Å². The SMILES string of the molecule is O=S(O)[N]1[Al][N](S(=O)O)c2c(c3ccccc3c3ccccc23)-c2c1c1ccccc1c1ccccc21. The monoisotopic (exact) mass is 537 g/mol. The molecule has 2 atom stereocenters. The highest BCUT2D eigenvalue weighted by Crippen LogP contribution is 2.53.